The first-order chi connectivity index (χ1) is 9.52. The molecule has 0 amide bonds. The fourth-order valence-electron chi connectivity index (χ4n) is 1.71. The van der Waals surface area contributed by atoms with Crippen molar-refractivity contribution in [3.8, 4) is 0 Å². The average molecular weight is 314 g/mol. The van der Waals surface area contributed by atoms with Gasteiger partial charge in [-0.15, -0.1) is 0 Å². The third kappa shape index (κ3) is 3.26. The monoisotopic (exact) mass is 313 g/mol. The van der Waals surface area contributed by atoms with Gasteiger partial charge in [0.2, 0.25) is 0 Å². The molecule has 0 unspecified atom stereocenters. The van der Waals surface area contributed by atoms with Crippen LogP contribution in [0.5, 0.6) is 0 Å². The first-order valence-corrected chi connectivity index (χ1v) is 7.67. The predicted octanol–water partition coefficient (Wildman–Crippen LogP) is 2.66. The number of carbonyl (C=O) groups is 1. The number of hydrogen-bond acceptors (Lipinski definition) is 5. The molecule has 5 nitrogen and oxygen atoms in total. The number of halogens is 1. The zero-order valence-corrected chi connectivity index (χ0v) is 13.1. The topological polar surface area (TPSA) is 58.2 Å². The minimum Gasteiger partial charge on any atom is -0.461 e. The van der Waals surface area contributed by atoms with Crippen LogP contribution in [-0.4, -0.2) is 54.3 Å². The van der Waals surface area contributed by atoms with Crippen LogP contribution >= 0.6 is 23.4 Å². The number of benzene rings is 1. The summed E-state index contributed by atoms with van der Waals surface area (Å²) in [5.41, 5.74) is 1.65. The summed E-state index contributed by atoms with van der Waals surface area (Å²) >= 11 is 7.59. The van der Waals surface area contributed by atoms with Crippen LogP contribution in [0.2, 0.25) is 5.02 Å². The van der Waals surface area contributed by atoms with Crippen molar-refractivity contribution in [2.45, 2.75) is 5.16 Å². The highest BCUT2D eigenvalue weighted by molar-refractivity contribution is 7.98. The lowest BCUT2D eigenvalue weighted by atomic mass is 10.2. The van der Waals surface area contributed by atoms with E-state index in [1.54, 1.807) is 12.1 Å². The number of rotatable bonds is 5. The molecular weight excluding hydrogens is 298 g/mol. The van der Waals surface area contributed by atoms with Gasteiger partial charge in [-0.25, -0.2) is 9.78 Å². The third-order valence-electron chi connectivity index (χ3n) is 2.75. The second-order valence-electron chi connectivity index (χ2n) is 4.50. The van der Waals surface area contributed by atoms with E-state index in [0.29, 0.717) is 29.3 Å². The largest absolute Gasteiger partial charge is 0.461 e. The van der Waals surface area contributed by atoms with Crippen molar-refractivity contribution in [3.63, 3.8) is 0 Å². The molecule has 20 heavy (non-hydrogen) atoms. The Hall–Kier alpha value is -1.24. The molecule has 0 saturated carbocycles. The molecule has 1 heterocycles. The summed E-state index contributed by atoms with van der Waals surface area (Å²) in [6.07, 6.45) is 1.91. The minimum atomic E-state index is -0.443. The first kappa shape index (κ1) is 15.2. The number of nitrogens with one attached hydrogen (secondary N) is 1. The van der Waals surface area contributed by atoms with Crippen molar-refractivity contribution >= 4 is 40.4 Å². The van der Waals surface area contributed by atoms with Crippen LogP contribution in [0.25, 0.3) is 11.0 Å². The summed E-state index contributed by atoms with van der Waals surface area (Å²) in [5.74, 6) is -0.443. The molecule has 0 aliphatic carbocycles. The number of fused-ring (bicyclic) bond motifs is 1. The van der Waals surface area contributed by atoms with Gasteiger partial charge in [0.15, 0.2) is 5.16 Å². The lowest BCUT2D eigenvalue weighted by Crippen LogP contribution is -2.20. The molecule has 0 saturated heterocycles. The molecule has 1 aromatic heterocycles. The molecule has 0 spiro atoms. The highest BCUT2D eigenvalue weighted by Gasteiger charge is 2.19. The van der Waals surface area contributed by atoms with Gasteiger partial charge in [0.05, 0.1) is 10.5 Å². The molecule has 2 aromatic rings. The van der Waals surface area contributed by atoms with E-state index in [0.717, 1.165) is 10.7 Å². The van der Waals surface area contributed by atoms with Gasteiger partial charge in [0, 0.05) is 6.54 Å². The van der Waals surface area contributed by atoms with Gasteiger partial charge < -0.3 is 14.6 Å². The number of H-pyrrole nitrogens is 1. The summed E-state index contributed by atoms with van der Waals surface area (Å²) < 4.78 is 5.24. The SMILES string of the molecule is CSc1nc2c(C(=O)OCCN(C)C)c(Cl)ccc2[nH]1. The van der Waals surface area contributed by atoms with Crippen molar-refractivity contribution < 1.29 is 9.53 Å². The van der Waals surface area contributed by atoms with Crippen molar-refractivity contribution in [1.82, 2.24) is 14.9 Å². The number of esters is 1. The number of thioether (sulfide) groups is 1. The van der Waals surface area contributed by atoms with Gasteiger partial charge in [-0.2, -0.15) is 0 Å². The van der Waals surface area contributed by atoms with Gasteiger partial charge in [-0.3, -0.25) is 0 Å². The second kappa shape index (κ2) is 6.47. The lowest BCUT2D eigenvalue weighted by Gasteiger charge is -2.10. The molecule has 7 heteroatoms. The lowest BCUT2D eigenvalue weighted by molar-refractivity contribution is 0.0484. The van der Waals surface area contributed by atoms with E-state index in [2.05, 4.69) is 9.97 Å². The Morgan fingerprint density at radius 3 is 2.90 bits per heavy atom. The Balaban J connectivity index is 2.29. The third-order valence-corrected chi connectivity index (χ3v) is 3.65. The molecule has 0 aliphatic rings. The van der Waals surface area contributed by atoms with E-state index in [9.17, 15) is 4.79 Å². The standard InChI is InChI=1S/C13H16ClN3O2S/c1-17(2)6-7-19-12(18)10-8(14)4-5-9-11(10)16-13(15-9)20-3/h4-5H,6-7H2,1-3H3,(H,15,16). The van der Waals surface area contributed by atoms with Crippen LogP contribution < -0.4 is 0 Å². The fourth-order valence-corrected chi connectivity index (χ4v) is 2.34. The minimum absolute atomic E-state index is 0.318. The normalized spacial score (nSPS) is 11.2. The van der Waals surface area contributed by atoms with Crippen LogP contribution in [0.4, 0.5) is 0 Å². The summed E-state index contributed by atoms with van der Waals surface area (Å²) in [7, 11) is 3.83. The Labute approximate surface area is 126 Å². The molecule has 1 aromatic carbocycles. The predicted molar refractivity (Wildman–Crippen MR) is 81.7 cm³/mol. The Morgan fingerprint density at radius 2 is 2.25 bits per heavy atom. The van der Waals surface area contributed by atoms with Crippen LogP contribution in [0, 0.1) is 0 Å². The highest BCUT2D eigenvalue weighted by atomic mass is 35.5. The molecule has 108 valence electrons. The van der Waals surface area contributed by atoms with Gasteiger partial charge in [0.25, 0.3) is 0 Å². The van der Waals surface area contributed by atoms with E-state index >= 15 is 0 Å². The zero-order chi connectivity index (χ0) is 14.7. The summed E-state index contributed by atoms with van der Waals surface area (Å²) in [6.45, 7) is 0.980. The Morgan fingerprint density at radius 1 is 1.50 bits per heavy atom. The number of carbonyl (C=O) groups excluding carboxylic acids is 1. The summed E-state index contributed by atoms with van der Waals surface area (Å²) in [4.78, 5) is 21.6. The number of nitrogens with zero attached hydrogens (tertiary/aromatic N) is 2. The molecule has 0 radical (unpaired) electrons. The van der Waals surface area contributed by atoms with E-state index in [1.807, 2.05) is 25.3 Å². The van der Waals surface area contributed by atoms with Crippen molar-refractivity contribution in [2.24, 2.45) is 0 Å². The van der Waals surface area contributed by atoms with Crippen LogP contribution in [0.15, 0.2) is 17.3 Å². The molecule has 0 atom stereocenters. The molecule has 0 aliphatic heterocycles. The number of ether oxygens (including phenoxy) is 1. The van der Waals surface area contributed by atoms with E-state index in [-0.39, 0.29) is 0 Å². The number of likely N-dealkylation sites (N-methyl/N-ethyl adjacent to an activating group) is 1. The van der Waals surface area contributed by atoms with Gasteiger partial charge >= 0.3 is 5.97 Å². The van der Waals surface area contributed by atoms with Crippen molar-refractivity contribution in [3.05, 3.63) is 22.7 Å². The zero-order valence-electron chi connectivity index (χ0n) is 11.6. The van der Waals surface area contributed by atoms with E-state index in [1.165, 1.54) is 11.8 Å². The average Bonchev–Trinajstić information content (AvgIpc) is 2.80. The summed E-state index contributed by atoms with van der Waals surface area (Å²) in [6, 6.07) is 3.48. The highest BCUT2D eigenvalue weighted by Crippen LogP contribution is 2.27. The molecule has 1 N–H and O–H groups in total. The van der Waals surface area contributed by atoms with Crippen molar-refractivity contribution in [1.29, 1.82) is 0 Å². The fraction of sp³-hybridized carbons (Fsp3) is 0.385. The van der Waals surface area contributed by atoms with Crippen LogP contribution in [0.3, 0.4) is 0 Å². The molecule has 2 rings (SSSR count). The quantitative estimate of drug-likeness (QED) is 0.679. The number of hydrogen-bond donors (Lipinski definition) is 1. The summed E-state index contributed by atoms with van der Waals surface area (Å²) in [5, 5.41) is 1.09. The number of imidazole rings is 1. The maximum Gasteiger partial charge on any atom is 0.342 e. The number of aromatic nitrogens is 2. The van der Waals surface area contributed by atoms with Crippen LogP contribution in [-0.2, 0) is 4.74 Å². The molecular formula is C13H16ClN3O2S. The van der Waals surface area contributed by atoms with Gasteiger partial charge in [-0.1, -0.05) is 23.4 Å². The maximum atomic E-state index is 12.2. The maximum absolute atomic E-state index is 12.2. The van der Waals surface area contributed by atoms with E-state index < -0.39 is 5.97 Å². The van der Waals surface area contributed by atoms with Crippen molar-refractivity contribution in [2.75, 3.05) is 33.5 Å². The van der Waals surface area contributed by atoms with Gasteiger partial charge in [0.1, 0.15) is 17.7 Å². The second-order valence-corrected chi connectivity index (χ2v) is 5.71. The Bertz CT molecular complexity index is 627. The smallest absolute Gasteiger partial charge is 0.342 e. The molecule has 0 fully saturated rings. The number of aromatic amines is 1. The van der Waals surface area contributed by atoms with Gasteiger partial charge in [-0.05, 0) is 32.5 Å². The Kier molecular flexibility index (Phi) is 4.91. The van der Waals surface area contributed by atoms with Crippen LogP contribution in [0.1, 0.15) is 10.4 Å². The molecule has 0 bridgehead atoms. The first-order valence-electron chi connectivity index (χ1n) is 6.07. The van der Waals surface area contributed by atoms with E-state index in [4.69, 9.17) is 16.3 Å².